The summed E-state index contributed by atoms with van der Waals surface area (Å²) in [7, 11) is 0. The van der Waals surface area contributed by atoms with Crippen molar-refractivity contribution >= 4 is 6.29 Å². The molecular formula is C7H13O. The fourth-order valence-corrected chi connectivity index (χ4v) is 0.118. The third-order valence-electron chi connectivity index (χ3n) is 1.71. The van der Waals surface area contributed by atoms with Crippen LogP contribution in [0.3, 0.4) is 0 Å². The second kappa shape index (κ2) is 2.29. The van der Waals surface area contributed by atoms with Crippen LogP contribution >= 0.6 is 0 Å². The average Bonchev–Trinajstić information content (AvgIpc) is 1.67. The van der Waals surface area contributed by atoms with E-state index in [1.807, 2.05) is 34.0 Å². The first-order valence-corrected chi connectivity index (χ1v) is 2.90. The molecule has 0 saturated heterocycles. The molecule has 1 nitrogen and oxygen atoms in total. The number of rotatable bonds is 2. The lowest BCUT2D eigenvalue weighted by Crippen LogP contribution is -2.19. The minimum absolute atomic E-state index is 0.264. The Bertz CT molecular complexity index is 82.4. The molecule has 1 heteroatoms. The van der Waals surface area contributed by atoms with Crippen molar-refractivity contribution in [2.75, 3.05) is 0 Å². The average molecular weight is 113 g/mol. The van der Waals surface area contributed by atoms with Crippen LogP contribution in [0.5, 0.6) is 0 Å². The number of carbonyl (C=O) groups excluding carboxylic acids is 1. The van der Waals surface area contributed by atoms with Gasteiger partial charge >= 0.3 is 0 Å². The lowest BCUT2D eigenvalue weighted by atomic mass is 9.83. The summed E-state index contributed by atoms with van der Waals surface area (Å²) in [5, 5.41) is 0. The maximum Gasteiger partial charge on any atom is 0.204 e. The van der Waals surface area contributed by atoms with E-state index in [1.165, 1.54) is 0 Å². The molecule has 0 aliphatic rings. The highest BCUT2D eigenvalue weighted by Crippen LogP contribution is 2.21. The van der Waals surface area contributed by atoms with Crippen LogP contribution in [0.4, 0.5) is 0 Å². The van der Waals surface area contributed by atoms with Gasteiger partial charge in [-0.3, -0.25) is 4.79 Å². The lowest BCUT2D eigenvalue weighted by Gasteiger charge is -2.19. The Kier molecular flexibility index (Phi) is 2.20. The summed E-state index contributed by atoms with van der Waals surface area (Å²) in [6.45, 7) is 7.82. The summed E-state index contributed by atoms with van der Waals surface area (Å²) >= 11 is 0. The van der Waals surface area contributed by atoms with Gasteiger partial charge in [0.1, 0.15) is 0 Å². The molecule has 0 aromatic carbocycles. The van der Waals surface area contributed by atoms with Crippen LogP contribution in [-0.2, 0) is 4.79 Å². The van der Waals surface area contributed by atoms with Crippen LogP contribution in [0.2, 0.25) is 0 Å². The molecule has 0 aliphatic heterocycles. The van der Waals surface area contributed by atoms with Gasteiger partial charge in [-0.25, -0.2) is 0 Å². The molecule has 0 saturated carbocycles. The second-order valence-electron chi connectivity index (χ2n) is 2.98. The van der Waals surface area contributed by atoms with Crippen molar-refractivity contribution in [1.82, 2.24) is 0 Å². The molecule has 47 valence electrons. The second-order valence-corrected chi connectivity index (χ2v) is 2.98. The van der Waals surface area contributed by atoms with Gasteiger partial charge in [-0.1, -0.05) is 27.7 Å². The summed E-state index contributed by atoms with van der Waals surface area (Å²) in [4.78, 5) is 10.1. The van der Waals surface area contributed by atoms with Gasteiger partial charge in [-0.2, -0.15) is 0 Å². The standard InChI is InChI=1S/C7H13O/c1-6(2)7(3,4)5-8/h6H,1-4H3. The van der Waals surface area contributed by atoms with Gasteiger partial charge in [-0.05, 0) is 5.92 Å². The SMILES string of the molecule is CC(C)C(C)(C)[C]=O. The zero-order valence-corrected chi connectivity index (χ0v) is 5.99. The van der Waals surface area contributed by atoms with Crippen LogP contribution in [-0.4, -0.2) is 6.29 Å². The summed E-state index contributed by atoms with van der Waals surface area (Å²) in [6.07, 6.45) is 1.99. The quantitative estimate of drug-likeness (QED) is 0.533. The monoisotopic (exact) mass is 113 g/mol. The van der Waals surface area contributed by atoms with Crippen molar-refractivity contribution in [2.45, 2.75) is 27.7 Å². The van der Waals surface area contributed by atoms with E-state index >= 15 is 0 Å². The van der Waals surface area contributed by atoms with Crippen molar-refractivity contribution in [3.63, 3.8) is 0 Å². The Morgan fingerprint density at radius 3 is 1.75 bits per heavy atom. The van der Waals surface area contributed by atoms with Crippen LogP contribution < -0.4 is 0 Å². The Balaban J connectivity index is 3.90. The van der Waals surface area contributed by atoms with Crippen LogP contribution in [0.15, 0.2) is 0 Å². The Morgan fingerprint density at radius 1 is 1.38 bits per heavy atom. The van der Waals surface area contributed by atoms with Gasteiger partial charge in [0, 0.05) is 5.41 Å². The van der Waals surface area contributed by atoms with Gasteiger partial charge in [0.25, 0.3) is 0 Å². The van der Waals surface area contributed by atoms with Crippen molar-refractivity contribution in [3.8, 4) is 0 Å². The summed E-state index contributed by atoms with van der Waals surface area (Å²) in [6, 6.07) is 0. The van der Waals surface area contributed by atoms with E-state index in [9.17, 15) is 4.79 Å². The minimum atomic E-state index is -0.264. The van der Waals surface area contributed by atoms with E-state index in [2.05, 4.69) is 0 Å². The van der Waals surface area contributed by atoms with Crippen LogP contribution in [0.1, 0.15) is 27.7 Å². The van der Waals surface area contributed by atoms with Gasteiger partial charge in [0.2, 0.25) is 6.29 Å². The zero-order chi connectivity index (χ0) is 6.78. The molecule has 0 heterocycles. The largest absolute Gasteiger partial charge is 0.290 e. The molecule has 0 unspecified atom stereocenters. The van der Waals surface area contributed by atoms with Gasteiger partial charge in [0.15, 0.2) is 0 Å². The molecule has 0 bridgehead atoms. The Morgan fingerprint density at radius 2 is 1.75 bits per heavy atom. The molecule has 0 rings (SSSR count). The molecule has 0 aromatic heterocycles. The van der Waals surface area contributed by atoms with Gasteiger partial charge < -0.3 is 0 Å². The molecule has 0 atom stereocenters. The molecule has 0 amide bonds. The highest BCUT2D eigenvalue weighted by Gasteiger charge is 2.21. The first-order valence-electron chi connectivity index (χ1n) is 2.90. The molecule has 0 fully saturated rings. The van der Waals surface area contributed by atoms with E-state index in [0.717, 1.165) is 0 Å². The molecular weight excluding hydrogens is 100 g/mol. The van der Waals surface area contributed by atoms with Crippen molar-refractivity contribution in [2.24, 2.45) is 11.3 Å². The highest BCUT2D eigenvalue weighted by atomic mass is 16.1. The third-order valence-corrected chi connectivity index (χ3v) is 1.71. The third kappa shape index (κ3) is 1.65. The minimum Gasteiger partial charge on any atom is -0.290 e. The van der Waals surface area contributed by atoms with E-state index < -0.39 is 0 Å². The topological polar surface area (TPSA) is 17.1 Å². The van der Waals surface area contributed by atoms with Crippen molar-refractivity contribution in [3.05, 3.63) is 0 Å². The van der Waals surface area contributed by atoms with E-state index in [0.29, 0.717) is 5.92 Å². The normalized spacial score (nSPS) is 12.1. The predicted octanol–water partition coefficient (Wildman–Crippen LogP) is 1.78. The highest BCUT2D eigenvalue weighted by molar-refractivity contribution is 5.59. The van der Waals surface area contributed by atoms with Crippen LogP contribution in [0.25, 0.3) is 0 Å². The Labute approximate surface area is 51.1 Å². The molecule has 8 heavy (non-hydrogen) atoms. The molecule has 0 aliphatic carbocycles. The fourth-order valence-electron chi connectivity index (χ4n) is 0.118. The van der Waals surface area contributed by atoms with Crippen molar-refractivity contribution in [1.29, 1.82) is 0 Å². The first kappa shape index (κ1) is 7.67. The summed E-state index contributed by atoms with van der Waals surface area (Å²) in [5.41, 5.74) is -0.264. The van der Waals surface area contributed by atoms with E-state index in [1.54, 1.807) is 0 Å². The Hall–Kier alpha value is -0.330. The predicted molar refractivity (Wildman–Crippen MR) is 34.3 cm³/mol. The first-order chi connectivity index (χ1) is 3.50. The summed E-state index contributed by atoms with van der Waals surface area (Å²) < 4.78 is 0. The number of hydrogen-bond donors (Lipinski definition) is 0. The fraction of sp³-hybridized carbons (Fsp3) is 0.857. The van der Waals surface area contributed by atoms with E-state index in [-0.39, 0.29) is 5.41 Å². The zero-order valence-electron chi connectivity index (χ0n) is 5.99. The van der Waals surface area contributed by atoms with E-state index in [4.69, 9.17) is 0 Å². The molecule has 0 N–H and O–H groups in total. The smallest absolute Gasteiger partial charge is 0.204 e. The van der Waals surface area contributed by atoms with Gasteiger partial charge in [-0.15, -0.1) is 0 Å². The van der Waals surface area contributed by atoms with Gasteiger partial charge in [0.05, 0.1) is 0 Å². The lowest BCUT2D eigenvalue weighted by molar-refractivity contribution is 0.342. The maximum atomic E-state index is 10.1. The van der Waals surface area contributed by atoms with Crippen LogP contribution in [0, 0.1) is 11.3 Å². The van der Waals surface area contributed by atoms with Crippen molar-refractivity contribution < 1.29 is 4.79 Å². The maximum absolute atomic E-state index is 10.1. The molecule has 0 aromatic rings. The molecule has 0 spiro atoms. The molecule has 1 radical (unpaired) electrons. The number of hydrogen-bond acceptors (Lipinski definition) is 1. The summed E-state index contributed by atoms with van der Waals surface area (Å²) in [5.74, 6) is 0.389.